The summed E-state index contributed by atoms with van der Waals surface area (Å²) in [6.45, 7) is 1.59. The van der Waals surface area contributed by atoms with Crippen molar-refractivity contribution in [3.8, 4) is 22.5 Å². The van der Waals surface area contributed by atoms with Crippen molar-refractivity contribution in [2.75, 3.05) is 30.6 Å². The zero-order valence-corrected chi connectivity index (χ0v) is 17.1. The number of anilines is 2. The molecular formula is C20H23N5O2S. The maximum atomic E-state index is 11.7. The van der Waals surface area contributed by atoms with Gasteiger partial charge in [-0.3, -0.25) is 4.21 Å². The highest BCUT2D eigenvalue weighted by molar-refractivity contribution is 7.84. The Morgan fingerprint density at radius 2 is 1.54 bits per heavy atom. The van der Waals surface area contributed by atoms with E-state index in [0.717, 1.165) is 21.7 Å². The Morgan fingerprint density at radius 3 is 2.07 bits per heavy atom. The van der Waals surface area contributed by atoms with E-state index in [4.69, 9.17) is 0 Å². The van der Waals surface area contributed by atoms with E-state index in [0.29, 0.717) is 11.4 Å². The lowest BCUT2D eigenvalue weighted by molar-refractivity contribution is 0.223. The molecule has 2 unspecified atom stereocenters. The first-order chi connectivity index (χ1) is 13.3. The molecule has 2 N–H and O–H groups in total. The average Bonchev–Trinajstić information content (AvgIpc) is 2.67. The van der Waals surface area contributed by atoms with Crippen LogP contribution in [0.1, 0.15) is 6.92 Å². The normalized spacial score (nSPS) is 13.0. The lowest BCUT2D eigenvalue weighted by Gasteiger charge is -2.14. The SMILES string of the molecule is CC(O)Nc1nnc(-c2ccc(S(C)=O)cc2)c(-c2ccc(N(C)C)cc2)n1. The molecule has 8 heteroatoms. The summed E-state index contributed by atoms with van der Waals surface area (Å²) >= 11 is 0. The smallest absolute Gasteiger partial charge is 0.245 e. The van der Waals surface area contributed by atoms with Crippen molar-refractivity contribution >= 4 is 22.4 Å². The van der Waals surface area contributed by atoms with Crippen molar-refractivity contribution in [2.45, 2.75) is 18.0 Å². The third kappa shape index (κ3) is 4.52. The molecule has 0 aliphatic heterocycles. The van der Waals surface area contributed by atoms with E-state index < -0.39 is 17.0 Å². The molecule has 1 heterocycles. The van der Waals surface area contributed by atoms with Crippen LogP contribution in [0.4, 0.5) is 11.6 Å². The lowest BCUT2D eigenvalue weighted by Crippen LogP contribution is -2.16. The monoisotopic (exact) mass is 397 g/mol. The van der Waals surface area contributed by atoms with Crippen molar-refractivity contribution in [3.05, 3.63) is 48.5 Å². The Balaban J connectivity index is 2.09. The third-order valence-corrected chi connectivity index (χ3v) is 5.08. The fourth-order valence-electron chi connectivity index (χ4n) is 2.69. The van der Waals surface area contributed by atoms with Gasteiger partial charge in [0.25, 0.3) is 0 Å². The second-order valence-corrected chi connectivity index (χ2v) is 7.95. The number of nitrogens with one attached hydrogen (secondary N) is 1. The van der Waals surface area contributed by atoms with Crippen LogP contribution in [0.5, 0.6) is 0 Å². The second-order valence-electron chi connectivity index (χ2n) is 6.57. The summed E-state index contributed by atoms with van der Waals surface area (Å²) in [6, 6.07) is 15.3. The van der Waals surface area contributed by atoms with Crippen LogP contribution in [0, 0.1) is 0 Å². The standard InChI is InChI=1S/C20H23N5O2S/c1-13(26)21-20-22-18(14-5-9-16(10-6-14)25(2)3)19(23-24-20)15-7-11-17(12-8-15)28(4)27/h5-13,26H,1-4H3,(H,21,22,24). The van der Waals surface area contributed by atoms with E-state index in [1.54, 1.807) is 13.2 Å². The topological polar surface area (TPSA) is 91.2 Å². The maximum absolute atomic E-state index is 11.7. The van der Waals surface area contributed by atoms with Gasteiger partial charge in [-0.15, -0.1) is 10.2 Å². The van der Waals surface area contributed by atoms with Gasteiger partial charge in [-0.2, -0.15) is 0 Å². The molecule has 7 nitrogen and oxygen atoms in total. The molecule has 0 amide bonds. The van der Waals surface area contributed by atoms with E-state index in [1.807, 2.05) is 67.5 Å². The predicted octanol–water partition coefficient (Wildman–Crippen LogP) is 2.76. The first kappa shape index (κ1) is 19.9. The number of rotatable bonds is 6. The molecule has 146 valence electrons. The molecule has 2 aromatic carbocycles. The molecule has 0 bridgehead atoms. The van der Waals surface area contributed by atoms with Crippen molar-refractivity contribution in [2.24, 2.45) is 0 Å². The molecule has 0 spiro atoms. The number of benzene rings is 2. The van der Waals surface area contributed by atoms with Gasteiger partial charge in [0.15, 0.2) is 0 Å². The fourth-order valence-corrected chi connectivity index (χ4v) is 3.21. The highest BCUT2D eigenvalue weighted by Crippen LogP contribution is 2.30. The minimum Gasteiger partial charge on any atom is -0.378 e. The van der Waals surface area contributed by atoms with Gasteiger partial charge in [0, 0.05) is 52.9 Å². The van der Waals surface area contributed by atoms with E-state index in [9.17, 15) is 9.32 Å². The van der Waals surface area contributed by atoms with Crippen LogP contribution in [-0.4, -0.2) is 51.1 Å². The van der Waals surface area contributed by atoms with Crippen molar-refractivity contribution < 1.29 is 9.32 Å². The average molecular weight is 398 g/mol. The van der Waals surface area contributed by atoms with Crippen LogP contribution in [0.3, 0.4) is 0 Å². The summed E-state index contributed by atoms with van der Waals surface area (Å²) in [6.07, 6.45) is 0.848. The molecule has 0 radical (unpaired) electrons. The molecule has 1 aromatic heterocycles. The molecule has 3 aromatic rings. The maximum Gasteiger partial charge on any atom is 0.245 e. The largest absolute Gasteiger partial charge is 0.378 e. The Kier molecular flexibility index (Phi) is 6.01. The van der Waals surface area contributed by atoms with Gasteiger partial charge >= 0.3 is 0 Å². The van der Waals surface area contributed by atoms with E-state index in [1.165, 1.54) is 0 Å². The molecule has 0 aliphatic carbocycles. The van der Waals surface area contributed by atoms with Gasteiger partial charge in [0.05, 0.1) is 0 Å². The minimum atomic E-state index is -1.05. The Bertz CT molecular complexity index is 973. The van der Waals surface area contributed by atoms with E-state index in [2.05, 4.69) is 20.5 Å². The molecular weight excluding hydrogens is 374 g/mol. The number of aliphatic hydroxyl groups excluding tert-OH is 1. The summed E-state index contributed by atoms with van der Waals surface area (Å²) in [5.74, 6) is 0.247. The summed E-state index contributed by atoms with van der Waals surface area (Å²) in [5, 5.41) is 20.8. The number of aliphatic hydroxyl groups is 1. The van der Waals surface area contributed by atoms with Gasteiger partial charge < -0.3 is 15.3 Å². The molecule has 0 saturated carbocycles. The Morgan fingerprint density at radius 1 is 0.964 bits per heavy atom. The van der Waals surface area contributed by atoms with Gasteiger partial charge in [-0.1, -0.05) is 24.3 Å². The lowest BCUT2D eigenvalue weighted by atomic mass is 10.0. The van der Waals surface area contributed by atoms with Gasteiger partial charge in [0.1, 0.15) is 17.6 Å². The summed E-state index contributed by atoms with van der Waals surface area (Å²) in [7, 11) is 2.92. The highest BCUT2D eigenvalue weighted by atomic mass is 32.2. The molecule has 28 heavy (non-hydrogen) atoms. The zero-order valence-electron chi connectivity index (χ0n) is 16.2. The van der Waals surface area contributed by atoms with Crippen LogP contribution < -0.4 is 10.2 Å². The van der Waals surface area contributed by atoms with Crippen LogP contribution in [0.25, 0.3) is 22.5 Å². The van der Waals surface area contributed by atoms with Gasteiger partial charge in [-0.05, 0) is 31.2 Å². The molecule has 0 fully saturated rings. The summed E-state index contributed by atoms with van der Waals surface area (Å²) in [5.41, 5.74) is 4.04. The van der Waals surface area contributed by atoms with E-state index >= 15 is 0 Å². The van der Waals surface area contributed by atoms with Crippen LogP contribution >= 0.6 is 0 Å². The number of nitrogens with zero attached hydrogens (tertiary/aromatic N) is 4. The van der Waals surface area contributed by atoms with Crippen molar-refractivity contribution in [3.63, 3.8) is 0 Å². The summed E-state index contributed by atoms with van der Waals surface area (Å²) < 4.78 is 11.7. The zero-order chi connectivity index (χ0) is 20.3. The molecule has 2 atom stereocenters. The van der Waals surface area contributed by atoms with Crippen molar-refractivity contribution in [1.29, 1.82) is 0 Å². The molecule has 0 aliphatic rings. The van der Waals surface area contributed by atoms with Gasteiger partial charge in [0.2, 0.25) is 5.95 Å². The van der Waals surface area contributed by atoms with Crippen LogP contribution in [0.2, 0.25) is 0 Å². The highest BCUT2D eigenvalue weighted by Gasteiger charge is 2.15. The van der Waals surface area contributed by atoms with Crippen molar-refractivity contribution in [1.82, 2.24) is 15.2 Å². The number of hydrogen-bond acceptors (Lipinski definition) is 7. The number of hydrogen-bond donors (Lipinski definition) is 2. The Hall–Kier alpha value is -2.84. The first-order valence-electron chi connectivity index (χ1n) is 8.76. The fraction of sp³-hybridized carbons (Fsp3) is 0.250. The molecule has 3 rings (SSSR count). The Labute approximate surface area is 166 Å². The minimum absolute atomic E-state index is 0.247. The van der Waals surface area contributed by atoms with Crippen LogP contribution in [-0.2, 0) is 10.8 Å². The van der Waals surface area contributed by atoms with E-state index in [-0.39, 0.29) is 5.95 Å². The quantitative estimate of drug-likeness (QED) is 0.618. The predicted molar refractivity (Wildman–Crippen MR) is 113 cm³/mol. The second kappa shape index (κ2) is 8.45. The molecule has 0 saturated heterocycles. The summed E-state index contributed by atoms with van der Waals surface area (Å²) in [4.78, 5) is 7.34. The third-order valence-electron chi connectivity index (χ3n) is 4.14. The first-order valence-corrected chi connectivity index (χ1v) is 10.3. The number of aromatic nitrogens is 3. The van der Waals surface area contributed by atoms with Crippen LogP contribution in [0.15, 0.2) is 53.4 Å². The van der Waals surface area contributed by atoms with Gasteiger partial charge in [-0.25, -0.2) is 4.98 Å².